The SMILES string of the molecule is CCCCCC/C=C\CCCCCCCC(=O)OCCCCCCCCCCCC/C=C\CCCCCCCCCC(=O)NC(CO)C(O)CCCCCCCCCCC. The summed E-state index contributed by atoms with van der Waals surface area (Å²) in [5.74, 6) is -0.0470. The van der Waals surface area contributed by atoms with Crippen LogP contribution in [0.5, 0.6) is 0 Å². The Balaban J connectivity index is 3.40. The second kappa shape index (κ2) is 50.0. The van der Waals surface area contributed by atoms with Crippen LogP contribution in [0.15, 0.2) is 24.3 Å². The lowest BCUT2D eigenvalue weighted by atomic mass is 10.0. The fourth-order valence-corrected chi connectivity index (χ4v) is 8.10. The molecule has 3 N–H and O–H groups in total. The highest BCUT2D eigenvalue weighted by Gasteiger charge is 2.20. The van der Waals surface area contributed by atoms with E-state index in [0.717, 1.165) is 44.9 Å². The van der Waals surface area contributed by atoms with Gasteiger partial charge in [0.15, 0.2) is 0 Å². The lowest BCUT2D eigenvalue weighted by molar-refractivity contribution is -0.143. The number of hydrogen-bond donors (Lipinski definition) is 3. The van der Waals surface area contributed by atoms with Crippen LogP contribution in [-0.2, 0) is 14.3 Å². The first-order chi connectivity index (χ1) is 29.5. The molecule has 0 aromatic heterocycles. The molecule has 0 bridgehead atoms. The van der Waals surface area contributed by atoms with Crippen molar-refractivity contribution >= 4 is 11.9 Å². The number of unbranched alkanes of at least 4 members (excludes halogenated alkanes) is 34. The molecule has 0 fully saturated rings. The average Bonchev–Trinajstić information content (AvgIpc) is 3.25. The zero-order valence-corrected chi connectivity index (χ0v) is 40.2. The molecule has 0 aliphatic rings. The van der Waals surface area contributed by atoms with Gasteiger partial charge in [0.2, 0.25) is 5.91 Å². The number of nitrogens with one attached hydrogen (secondary N) is 1. The topological polar surface area (TPSA) is 95.9 Å². The third-order valence-corrected chi connectivity index (χ3v) is 12.2. The Hall–Kier alpha value is -1.66. The summed E-state index contributed by atoms with van der Waals surface area (Å²) in [5.41, 5.74) is 0. The van der Waals surface area contributed by atoms with Gasteiger partial charge in [-0.05, 0) is 77.0 Å². The maximum Gasteiger partial charge on any atom is 0.305 e. The summed E-state index contributed by atoms with van der Waals surface area (Å²) in [4.78, 5) is 24.4. The second-order valence-electron chi connectivity index (χ2n) is 18.2. The Morgan fingerprint density at radius 3 is 1.20 bits per heavy atom. The lowest BCUT2D eigenvalue weighted by Crippen LogP contribution is -2.45. The zero-order valence-electron chi connectivity index (χ0n) is 40.2. The molecule has 0 aliphatic carbocycles. The van der Waals surface area contributed by atoms with Gasteiger partial charge >= 0.3 is 5.97 Å². The minimum absolute atomic E-state index is 0.00147. The molecule has 354 valence electrons. The van der Waals surface area contributed by atoms with Crippen LogP contribution in [-0.4, -0.2) is 47.4 Å². The van der Waals surface area contributed by atoms with E-state index in [1.807, 2.05) is 0 Å². The van der Waals surface area contributed by atoms with Crippen molar-refractivity contribution in [3.8, 4) is 0 Å². The van der Waals surface area contributed by atoms with Crippen molar-refractivity contribution in [2.75, 3.05) is 13.2 Å². The third kappa shape index (κ3) is 45.9. The zero-order chi connectivity index (χ0) is 43.7. The maximum absolute atomic E-state index is 12.4. The van der Waals surface area contributed by atoms with Crippen molar-refractivity contribution in [3.05, 3.63) is 24.3 Å². The molecule has 0 aromatic rings. The summed E-state index contributed by atoms with van der Waals surface area (Å²) >= 11 is 0. The van der Waals surface area contributed by atoms with Crippen molar-refractivity contribution in [3.63, 3.8) is 0 Å². The molecule has 6 heteroatoms. The van der Waals surface area contributed by atoms with E-state index >= 15 is 0 Å². The Labute approximate surface area is 373 Å². The molecule has 0 saturated heterocycles. The van der Waals surface area contributed by atoms with Gasteiger partial charge in [0.05, 0.1) is 25.4 Å². The van der Waals surface area contributed by atoms with Gasteiger partial charge in [-0.2, -0.15) is 0 Å². The molecule has 0 radical (unpaired) electrons. The molecule has 2 unspecified atom stereocenters. The quantitative estimate of drug-likeness (QED) is 0.0322. The number of carbonyl (C=O) groups excluding carboxylic acids is 2. The average molecular weight is 846 g/mol. The molecule has 6 nitrogen and oxygen atoms in total. The molecule has 0 spiro atoms. The summed E-state index contributed by atoms with van der Waals surface area (Å²) in [6, 6.07) is -0.544. The molecule has 0 saturated carbocycles. The van der Waals surface area contributed by atoms with E-state index in [1.54, 1.807) is 0 Å². The van der Waals surface area contributed by atoms with E-state index < -0.39 is 12.1 Å². The minimum Gasteiger partial charge on any atom is -0.466 e. The first kappa shape index (κ1) is 58.3. The van der Waals surface area contributed by atoms with Crippen LogP contribution in [0.4, 0.5) is 0 Å². The van der Waals surface area contributed by atoms with Crippen molar-refractivity contribution in [1.29, 1.82) is 0 Å². The molecular formula is C54H103NO5. The molecule has 0 aromatic carbocycles. The predicted molar refractivity (Wildman–Crippen MR) is 260 cm³/mol. The molecule has 0 aliphatic heterocycles. The summed E-state index contributed by atoms with van der Waals surface area (Å²) in [5, 5.41) is 23.1. The fraction of sp³-hybridized carbons (Fsp3) is 0.889. The molecular weight excluding hydrogens is 743 g/mol. The van der Waals surface area contributed by atoms with Gasteiger partial charge in [-0.15, -0.1) is 0 Å². The van der Waals surface area contributed by atoms with Crippen molar-refractivity contribution in [2.24, 2.45) is 0 Å². The largest absolute Gasteiger partial charge is 0.466 e. The third-order valence-electron chi connectivity index (χ3n) is 12.2. The lowest BCUT2D eigenvalue weighted by Gasteiger charge is -2.22. The van der Waals surface area contributed by atoms with Gasteiger partial charge in [0.1, 0.15) is 0 Å². The first-order valence-corrected chi connectivity index (χ1v) is 26.6. The van der Waals surface area contributed by atoms with Crippen molar-refractivity contribution in [1.82, 2.24) is 5.32 Å². The molecule has 1 amide bonds. The van der Waals surface area contributed by atoms with E-state index in [0.29, 0.717) is 25.9 Å². The fourth-order valence-electron chi connectivity index (χ4n) is 8.10. The van der Waals surface area contributed by atoms with Gasteiger partial charge in [-0.25, -0.2) is 0 Å². The van der Waals surface area contributed by atoms with Gasteiger partial charge in [0, 0.05) is 12.8 Å². The van der Waals surface area contributed by atoms with Gasteiger partial charge in [0.25, 0.3) is 0 Å². The molecule has 2 atom stereocenters. The minimum atomic E-state index is -0.666. The maximum atomic E-state index is 12.4. The Bertz CT molecular complexity index is 935. The number of esters is 1. The molecule has 60 heavy (non-hydrogen) atoms. The number of hydrogen-bond acceptors (Lipinski definition) is 5. The number of amides is 1. The monoisotopic (exact) mass is 846 g/mol. The number of aliphatic hydroxyl groups is 2. The van der Waals surface area contributed by atoms with E-state index in [4.69, 9.17) is 4.74 Å². The second-order valence-corrected chi connectivity index (χ2v) is 18.2. The Morgan fingerprint density at radius 2 is 0.783 bits per heavy atom. The van der Waals surface area contributed by atoms with E-state index in [-0.39, 0.29) is 18.5 Å². The van der Waals surface area contributed by atoms with Crippen LogP contribution in [0.3, 0.4) is 0 Å². The summed E-state index contributed by atoms with van der Waals surface area (Å²) in [6.45, 7) is 4.90. The predicted octanol–water partition coefficient (Wildman–Crippen LogP) is 15.9. The number of allylic oxidation sites excluding steroid dienone is 4. The normalized spacial score (nSPS) is 12.8. The standard InChI is InChI=1S/C54H103NO5/c1-3-5-7-9-11-13-14-24-28-32-36-40-44-48-54(59)60-49-45-41-37-33-29-26-23-21-19-17-15-16-18-20-22-25-27-31-35-39-43-47-53(58)55-51(50-56)52(57)46-42-38-34-30-12-10-8-6-4-2/h13-14,16,18,51-52,56-57H,3-12,15,17,19-50H2,1-2H3,(H,55,58)/b14-13-,18-16-. The summed E-state index contributed by atoms with van der Waals surface area (Å²) < 4.78 is 5.46. The van der Waals surface area contributed by atoms with E-state index in [9.17, 15) is 19.8 Å². The number of aliphatic hydroxyl groups excluding tert-OH is 2. The number of ether oxygens (including phenoxy) is 1. The van der Waals surface area contributed by atoms with Crippen LogP contribution in [0.1, 0.15) is 284 Å². The smallest absolute Gasteiger partial charge is 0.305 e. The highest BCUT2D eigenvalue weighted by molar-refractivity contribution is 5.76. The summed E-state index contributed by atoms with van der Waals surface area (Å²) in [7, 11) is 0. The van der Waals surface area contributed by atoms with Crippen LogP contribution in [0, 0.1) is 0 Å². The Kier molecular flexibility index (Phi) is 48.6. The van der Waals surface area contributed by atoms with Crippen LogP contribution >= 0.6 is 0 Å². The number of carbonyl (C=O) groups is 2. The van der Waals surface area contributed by atoms with Crippen molar-refractivity contribution < 1.29 is 24.5 Å². The van der Waals surface area contributed by atoms with E-state index in [1.165, 1.54) is 205 Å². The molecule has 0 rings (SSSR count). The Morgan fingerprint density at radius 1 is 0.450 bits per heavy atom. The van der Waals surface area contributed by atoms with Crippen LogP contribution < -0.4 is 5.32 Å². The highest BCUT2D eigenvalue weighted by atomic mass is 16.5. The first-order valence-electron chi connectivity index (χ1n) is 26.6. The van der Waals surface area contributed by atoms with E-state index in [2.05, 4.69) is 43.5 Å². The van der Waals surface area contributed by atoms with Crippen molar-refractivity contribution in [2.45, 2.75) is 296 Å². The summed E-state index contributed by atoms with van der Waals surface area (Å²) in [6.07, 6.45) is 58.8. The van der Waals surface area contributed by atoms with Gasteiger partial charge < -0.3 is 20.3 Å². The van der Waals surface area contributed by atoms with Crippen LogP contribution in [0.25, 0.3) is 0 Å². The van der Waals surface area contributed by atoms with Crippen LogP contribution in [0.2, 0.25) is 0 Å². The van der Waals surface area contributed by atoms with Gasteiger partial charge in [-0.3, -0.25) is 9.59 Å². The van der Waals surface area contributed by atoms with Gasteiger partial charge in [-0.1, -0.05) is 218 Å². The molecule has 0 heterocycles. The highest BCUT2D eigenvalue weighted by Crippen LogP contribution is 2.16. The number of rotatable bonds is 49.